The first-order valence-electron chi connectivity index (χ1n) is 6.30. The first kappa shape index (κ1) is 16.0. The van der Waals surface area contributed by atoms with Crippen molar-refractivity contribution in [2.45, 2.75) is 6.92 Å². The van der Waals surface area contributed by atoms with Crippen molar-refractivity contribution < 1.29 is 19.0 Å². The number of aryl methyl sites for hydroxylation is 1. The summed E-state index contributed by atoms with van der Waals surface area (Å²) in [6.07, 6.45) is 0. The number of hydrogen-bond donors (Lipinski definition) is 1. The minimum Gasteiger partial charge on any atom is -0.319 e. The third-order valence-electron chi connectivity index (χ3n) is 3.00. The third kappa shape index (κ3) is 3.46. The molecule has 0 fully saturated rings. The van der Waals surface area contributed by atoms with Crippen LogP contribution in [0.5, 0.6) is 0 Å². The van der Waals surface area contributed by atoms with E-state index in [-0.39, 0.29) is 11.3 Å². The van der Waals surface area contributed by atoms with Crippen LogP contribution >= 0.6 is 0 Å². The molecule has 2 rings (SSSR count). The van der Waals surface area contributed by atoms with Crippen LogP contribution in [-0.2, 0) is 0 Å². The highest BCUT2D eigenvalue weighted by Gasteiger charge is 2.25. The predicted molar refractivity (Wildman–Crippen MR) is 78.8 cm³/mol. The number of nitro benzene ring substituents is 2. The molecule has 23 heavy (non-hydrogen) atoms. The van der Waals surface area contributed by atoms with Crippen LogP contribution in [-0.4, -0.2) is 15.8 Å². The standard InChI is InChI=1S/C14H10FN3O5/c1-8-2-4-10(15)11(6-8)16-14(19)9-3-5-12(17(20)21)13(7-9)18(22)23/h2-7H,1H3,(H,16,19). The fourth-order valence-corrected chi connectivity index (χ4v) is 1.89. The molecule has 0 unspecified atom stereocenters. The van der Waals surface area contributed by atoms with Crippen LogP contribution in [0.25, 0.3) is 0 Å². The Bertz CT molecular complexity index is 822. The van der Waals surface area contributed by atoms with E-state index in [2.05, 4.69) is 5.32 Å². The fourth-order valence-electron chi connectivity index (χ4n) is 1.89. The van der Waals surface area contributed by atoms with Crippen LogP contribution < -0.4 is 5.32 Å². The van der Waals surface area contributed by atoms with Gasteiger partial charge in [-0.05, 0) is 30.7 Å². The number of carbonyl (C=O) groups excluding carboxylic acids is 1. The van der Waals surface area contributed by atoms with Gasteiger partial charge in [-0.3, -0.25) is 25.0 Å². The van der Waals surface area contributed by atoms with E-state index < -0.39 is 32.9 Å². The summed E-state index contributed by atoms with van der Waals surface area (Å²) in [6.45, 7) is 1.70. The number of anilines is 1. The Balaban J connectivity index is 2.36. The van der Waals surface area contributed by atoms with E-state index in [9.17, 15) is 29.4 Å². The number of amides is 1. The highest BCUT2D eigenvalue weighted by Crippen LogP contribution is 2.28. The van der Waals surface area contributed by atoms with E-state index >= 15 is 0 Å². The van der Waals surface area contributed by atoms with Crippen LogP contribution in [0.15, 0.2) is 36.4 Å². The number of nitrogens with zero attached hydrogens (tertiary/aromatic N) is 2. The smallest absolute Gasteiger partial charge is 0.319 e. The summed E-state index contributed by atoms with van der Waals surface area (Å²) in [6, 6.07) is 6.78. The maximum absolute atomic E-state index is 13.6. The lowest BCUT2D eigenvalue weighted by molar-refractivity contribution is -0.422. The molecule has 0 saturated heterocycles. The van der Waals surface area contributed by atoms with Gasteiger partial charge in [0.1, 0.15) is 5.82 Å². The molecule has 0 aliphatic rings. The van der Waals surface area contributed by atoms with E-state index in [0.717, 1.165) is 18.2 Å². The zero-order valence-electron chi connectivity index (χ0n) is 11.8. The second kappa shape index (κ2) is 6.18. The van der Waals surface area contributed by atoms with Crippen molar-refractivity contribution in [3.63, 3.8) is 0 Å². The lowest BCUT2D eigenvalue weighted by Gasteiger charge is -2.07. The van der Waals surface area contributed by atoms with Gasteiger partial charge in [0.05, 0.1) is 15.5 Å². The first-order valence-corrected chi connectivity index (χ1v) is 6.30. The van der Waals surface area contributed by atoms with Crippen molar-refractivity contribution in [3.8, 4) is 0 Å². The Hall–Kier alpha value is -3.36. The van der Waals surface area contributed by atoms with Gasteiger partial charge in [0.15, 0.2) is 0 Å². The number of nitro groups is 2. The van der Waals surface area contributed by atoms with Crippen molar-refractivity contribution in [2.75, 3.05) is 5.32 Å². The number of rotatable bonds is 4. The minimum absolute atomic E-state index is 0.0870. The Kier molecular flexibility index (Phi) is 4.30. The van der Waals surface area contributed by atoms with Crippen LogP contribution in [0, 0.1) is 33.0 Å². The van der Waals surface area contributed by atoms with Gasteiger partial charge in [-0.15, -0.1) is 0 Å². The average molecular weight is 319 g/mol. The van der Waals surface area contributed by atoms with Gasteiger partial charge in [0, 0.05) is 17.7 Å². The maximum atomic E-state index is 13.6. The molecule has 1 amide bonds. The third-order valence-corrected chi connectivity index (χ3v) is 3.00. The number of nitrogens with one attached hydrogen (secondary N) is 1. The number of carbonyl (C=O) groups is 1. The Morgan fingerprint density at radius 1 is 1.04 bits per heavy atom. The van der Waals surface area contributed by atoms with Gasteiger partial charge in [-0.1, -0.05) is 6.07 Å². The molecule has 0 aliphatic carbocycles. The summed E-state index contributed by atoms with van der Waals surface area (Å²) < 4.78 is 13.6. The molecule has 0 spiro atoms. The molecular formula is C14H10FN3O5. The largest absolute Gasteiger partial charge is 0.346 e. The van der Waals surface area contributed by atoms with Crippen LogP contribution in [0.3, 0.4) is 0 Å². The number of benzene rings is 2. The topological polar surface area (TPSA) is 115 Å². The lowest BCUT2D eigenvalue weighted by Crippen LogP contribution is -2.13. The Labute approximate surface area is 128 Å². The van der Waals surface area contributed by atoms with E-state index in [1.54, 1.807) is 6.92 Å². The van der Waals surface area contributed by atoms with Crippen LogP contribution in [0.2, 0.25) is 0 Å². The summed E-state index contributed by atoms with van der Waals surface area (Å²) >= 11 is 0. The second-order valence-corrected chi connectivity index (χ2v) is 4.66. The molecule has 2 aromatic rings. The molecule has 0 heterocycles. The zero-order chi connectivity index (χ0) is 17.1. The monoisotopic (exact) mass is 319 g/mol. The molecule has 9 heteroatoms. The molecule has 8 nitrogen and oxygen atoms in total. The van der Waals surface area contributed by atoms with Crippen molar-refractivity contribution in [1.29, 1.82) is 0 Å². The molecule has 0 aliphatic heterocycles. The molecule has 1 N–H and O–H groups in total. The molecule has 118 valence electrons. The van der Waals surface area contributed by atoms with Crippen LogP contribution in [0.1, 0.15) is 15.9 Å². The lowest BCUT2D eigenvalue weighted by atomic mass is 10.1. The van der Waals surface area contributed by atoms with Gasteiger partial charge in [0.2, 0.25) is 0 Å². The average Bonchev–Trinajstić information content (AvgIpc) is 2.50. The van der Waals surface area contributed by atoms with Crippen molar-refractivity contribution in [1.82, 2.24) is 0 Å². The van der Waals surface area contributed by atoms with E-state index in [1.807, 2.05) is 0 Å². The Morgan fingerprint density at radius 3 is 2.30 bits per heavy atom. The summed E-state index contributed by atoms with van der Waals surface area (Å²) in [5.74, 6) is -1.48. The first-order chi connectivity index (χ1) is 10.8. The highest BCUT2D eigenvalue weighted by molar-refractivity contribution is 6.05. The molecule has 2 aromatic carbocycles. The van der Waals surface area contributed by atoms with E-state index in [0.29, 0.717) is 5.56 Å². The van der Waals surface area contributed by atoms with Gasteiger partial charge in [-0.25, -0.2) is 4.39 Å². The van der Waals surface area contributed by atoms with Crippen LogP contribution in [0.4, 0.5) is 21.5 Å². The highest BCUT2D eigenvalue weighted by atomic mass is 19.1. The number of halogens is 1. The molecular weight excluding hydrogens is 309 g/mol. The molecule has 0 saturated carbocycles. The van der Waals surface area contributed by atoms with Gasteiger partial charge < -0.3 is 5.32 Å². The Morgan fingerprint density at radius 2 is 1.70 bits per heavy atom. The molecule has 0 aromatic heterocycles. The SMILES string of the molecule is Cc1ccc(F)c(NC(=O)c2ccc([N+](=O)[O-])c([N+](=O)[O-])c2)c1. The van der Waals surface area contributed by atoms with Crippen molar-refractivity contribution in [3.05, 3.63) is 73.6 Å². The van der Waals surface area contributed by atoms with Crippen molar-refractivity contribution >= 4 is 23.0 Å². The predicted octanol–water partition coefficient (Wildman–Crippen LogP) is 3.20. The minimum atomic E-state index is -0.956. The maximum Gasteiger partial charge on any atom is 0.346 e. The summed E-state index contributed by atoms with van der Waals surface area (Å²) in [5.41, 5.74) is -1.11. The molecule has 0 atom stereocenters. The second-order valence-electron chi connectivity index (χ2n) is 4.66. The zero-order valence-corrected chi connectivity index (χ0v) is 11.8. The summed E-state index contributed by atoms with van der Waals surface area (Å²) in [4.78, 5) is 31.8. The van der Waals surface area contributed by atoms with E-state index in [1.165, 1.54) is 18.2 Å². The van der Waals surface area contributed by atoms with Crippen molar-refractivity contribution in [2.24, 2.45) is 0 Å². The normalized spacial score (nSPS) is 10.2. The molecule has 0 radical (unpaired) electrons. The van der Waals surface area contributed by atoms with Gasteiger partial charge >= 0.3 is 11.4 Å². The quantitative estimate of drug-likeness (QED) is 0.686. The number of hydrogen-bond acceptors (Lipinski definition) is 5. The fraction of sp³-hybridized carbons (Fsp3) is 0.0714. The van der Waals surface area contributed by atoms with E-state index in [4.69, 9.17) is 0 Å². The van der Waals surface area contributed by atoms with Gasteiger partial charge in [0.25, 0.3) is 5.91 Å². The molecule has 0 bridgehead atoms. The summed E-state index contributed by atoms with van der Waals surface area (Å²) in [7, 11) is 0. The van der Waals surface area contributed by atoms with Gasteiger partial charge in [-0.2, -0.15) is 0 Å². The summed E-state index contributed by atoms with van der Waals surface area (Å²) in [5, 5.41) is 23.9.